The van der Waals surface area contributed by atoms with E-state index in [1.165, 1.54) is 5.56 Å². The average molecular weight is 537 g/mol. The van der Waals surface area contributed by atoms with Gasteiger partial charge in [-0.1, -0.05) is 0 Å². The summed E-state index contributed by atoms with van der Waals surface area (Å²) in [5.74, 6) is 0. The molecule has 0 unspecified atom stereocenters. The SMILES string of the molecule is CC(C)(C)c1ccccc1-c1c(C(C)(C)C)ccc(P(O)(O)(O)c2ccccc2C(C)(C)C)c1C(C)(C)C. The molecule has 0 heterocycles. The third kappa shape index (κ3) is 5.63. The third-order valence-electron chi connectivity index (χ3n) is 7.35. The fraction of sp³-hybridized carbons (Fsp3) is 0.471. The molecule has 3 rings (SSSR count). The first-order chi connectivity index (χ1) is 17.0. The second-order valence-corrected chi connectivity index (χ2v) is 17.8. The van der Waals surface area contributed by atoms with Crippen LogP contribution in [0.4, 0.5) is 0 Å². The van der Waals surface area contributed by atoms with Gasteiger partial charge in [-0.3, -0.25) is 0 Å². The molecule has 0 saturated carbocycles. The number of hydrogen-bond donors (Lipinski definition) is 3. The standard InChI is InChI=1S/C34H49O3P/c1-31(2,3)24-18-14-13-17-23(24)29-26(33(7,8)9)21-22-28(30(29)34(10,11)12)38(35,36,37)27-20-16-15-19-25(27)32(4,5)6/h13-22,35-37H,1-12H3. The fourth-order valence-corrected chi connectivity index (χ4v) is 8.23. The predicted octanol–water partition coefficient (Wildman–Crippen LogP) is 7.77. The van der Waals surface area contributed by atoms with Crippen molar-refractivity contribution >= 4 is 17.9 Å². The first-order valence-corrected chi connectivity index (χ1v) is 15.7. The predicted molar refractivity (Wildman–Crippen MR) is 166 cm³/mol. The quantitative estimate of drug-likeness (QED) is 0.300. The summed E-state index contributed by atoms with van der Waals surface area (Å²) in [4.78, 5) is 36.7. The molecule has 38 heavy (non-hydrogen) atoms. The molecule has 208 valence electrons. The Balaban J connectivity index is 2.64. The molecule has 0 fully saturated rings. The molecule has 3 nitrogen and oxygen atoms in total. The van der Waals surface area contributed by atoms with Crippen LogP contribution in [0, 0.1) is 0 Å². The van der Waals surface area contributed by atoms with Gasteiger partial charge in [0.2, 0.25) is 0 Å². The van der Waals surface area contributed by atoms with Gasteiger partial charge in [0.15, 0.2) is 0 Å². The van der Waals surface area contributed by atoms with Crippen molar-refractivity contribution in [2.45, 2.75) is 105 Å². The molecule has 0 bridgehead atoms. The topological polar surface area (TPSA) is 60.7 Å². The molecule has 0 radical (unpaired) electrons. The van der Waals surface area contributed by atoms with E-state index in [4.69, 9.17) is 0 Å². The van der Waals surface area contributed by atoms with E-state index in [0.29, 0.717) is 0 Å². The number of benzene rings is 3. The maximum absolute atomic E-state index is 12.2. The minimum absolute atomic E-state index is 0.140. The van der Waals surface area contributed by atoms with Gasteiger partial charge in [-0.25, -0.2) is 0 Å². The summed E-state index contributed by atoms with van der Waals surface area (Å²) < 4.78 is 0. The van der Waals surface area contributed by atoms with Crippen molar-refractivity contribution in [1.29, 1.82) is 0 Å². The van der Waals surface area contributed by atoms with Crippen LogP contribution in [0.15, 0.2) is 60.7 Å². The Labute approximate surface area is 231 Å². The van der Waals surface area contributed by atoms with E-state index in [-0.39, 0.29) is 21.4 Å². The summed E-state index contributed by atoms with van der Waals surface area (Å²) in [5, 5.41) is 0.418. The summed E-state index contributed by atoms with van der Waals surface area (Å²) in [7, 11) is -5.59. The van der Waals surface area contributed by atoms with Crippen LogP contribution in [-0.4, -0.2) is 14.7 Å². The van der Waals surface area contributed by atoms with Gasteiger partial charge in [0.05, 0.1) is 0 Å². The molecular formula is C34H49O3P. The molecule has 3 aromatic rings. The first kappa shape index (κ1) is 30.5. The van der Waals surface area contributed by atoms with Crippen LogP contribution < -0.4 is 10.6 Å². The second-order valence-electron chi connectivity index (χ2n) is 14.9. The molecule has 0 saturated heterocycles. The van der Waals surface area contributed by atoms with Gasteiger partial charge in [0.1, 0.15) is 0 Å². The van der Waals surface area contributed by atoms with Gasteiger partial charge in [0, 0.05) is 0 Å². The van der Waals surface area contributed by atoms with Crippen LogP contribution in [0.3, 0.4) is 0 Å². The Morgan fingerprint density at radius 3 is 1.37 bits per heavy atom. The second kappa shape index (κ2) is 9.27. The van der Waals surface area contributed by atoms with Crippen LogP contribution in [0.1, 0.15) is 105 Å². The van der Waals surface area contributed by atoms with Gasteiger partial charge < -0.3 is 0 Å². The minimum atomic E-state index is -5.59. The molecule has 0 atom stereocenters. The third-order valence-corrected chi connectivity index (χ3v) is 9.88. The van der Waals surface area contributed by atoms with E-state index in [2.05, 4.69) is 80.5 Å². The summed E-state index contributed by atoms with van der Waals surface area (Å²) in [6.45, 7) is 25.5. The van der Waals surface area contributed by atoms with Crippen molar-refractivity contribution in [1.82, 2.24) is 0 Å². The van der Waals surface area contributed by atoms with Gasteiger partial charge in [-0.15, -0.1) is 0 Å². The zero-order chi connectivity index (χ0) is 29.1. The summed E-state index contributed by atoms with van der Waals surface area (Å²) >= 11 is 0. The van der Waals surface area contributed by atoms with E-state index in [1.54, 1.807) is 18.2 Å². The molecule has 3 aromatic carbocycles. The fourth-order valence-electron chi connectivity index (χ4n) is 5.55. The molecule has 0 aliphatic carbocycles. The van der Waals surface area contributed by atoms with Crippen molar-refractivity contribution in [3.05, 3.63) is 82.9 Å². The van der Waals surface area contributed by atoms with Gasteiger partial charge in [-0.2, -0.15) is 0 Å². The molecule has 0 amide bonds. The van der Waals surface area contributed by atoms with E-state index < -0.39 is 18.1 Å². The normalized spacial score (nSPS) is 14.8. The Morgan fingerprint density at radius 2 is 0.895 bits per heavy atom. The van der Waals surface area contributed by atoms with Crippen LogP contribution in [0.25, 0.3) is 11.1 Å². The van der Waals surface area contributed by atoms with Crippen LogP contribution in [0.5, 0.6) is 0 Å². The number of hydrogen-bond acceptors (Lipinski definition) is 3. The van der Waals surface area contributed by atoms with Crippen molar-refractivity contribution in [2.24, 2.45) is 0 Å². The molecule has 0 spiro atoms. The first-order valence-electron chi connectivity index (χ1n) is 13.6. The average Bonchev–Trinajstić information content (AvgIpc) is 2.75. The van der Waals surface area contributed by atoms with Crippen molar-refractivity contribution in [2.75, 3.05) is 0 Å². The molecule has 4 heteroatoms. The van der Waals surface area contributed by atoms with Crippen LogP contribution >= 0.6 is 7.28 Å². The van der Waals surface area contributed by atoms with Gasteiger partial charge in [0.25, 0.3) is 0 Å². The van der Waals surface area contributed by atoms with Crippen molar-refractivity contribution in [3.63, 3.8) is 0 Å². The Morgan fingerprint density at radius 1 is 0.447 bits per heavy atom. The Bertz CT molecular complexity index is 1330. The summed E-state index contributed by atoms with van der Waals surface area (Å²) in [6, 6.07) is 19.4. The summed E-state index contributed by atoms with van der Waals surface area (Å²) in [5.41, 5.74) is 4.56. The van der Waals surface area contributed by atoms with Crippen molar-refractivity contribution in [3.8, 4) is 11.1 Å². The monoisotopic (exact) mass is 536 g/mol. The molecule has 0 aliphatic heterocycles. The van der Waals surface area contributed by atoms with Crippen molar-refractivity contribution < 1.29 is 14.7 Å². The Kier molecular flexibility index (Phi) is 7.44. The molecule has 0 aromatic heterocycles. The molecule has 3 N–H and O–H groups in total. The van der Waals surface area contributed by atoms with E-state index in [9.17, 15) is 14.7 Å². The van der Waals surface area contributed by atoms with Crippen LogP contribution in [-0.2, 0) is 21.7 Å². The maximum atomic E-state index is 12.2. The van der Waals surface area contributed by atoms with E-state index in [0.717, 1.165) is 27.8 Å². The van der Waals surface area contributed by atoms with Crippen LogP contribution in [0.2, 0.25) is 0 Å². The molecular weight excluding hydrogens is 487 g/mol. The van der Waals surface area contributed by atoms with Gasteiger partial charge in [-0.05, 0) is 0 Å². The van der Waals surface area contributed by atoms with E-state index in [1.807, 2.05) is 45.0 Å². The Hall–Kier alpha value is -2.03. The number of rotatable bonds is 3. The van der Waals surface area contributed by atoms with E-state index >= 15 is 0 Å². The zero-order valence-electron chi connectivity index (χ0n) is 25.6. The summed E-state index contributed by atoms with van der Waals surface area (Å²) in [6.07, 6.45) is 0. The zero-order valence-corrected chi connectivity index (χ0v) is 26.5. The molecule has 0 aliphatic rings. The van der Waals surface area contributed by atoms with Gasteiger partial charge >= 0.3 is 231 Å².